The monoisotopic (exact) mass is 362 g/mol. The molecule has 5 nitrogen and oxygen atoms in total. The van der Waals surface area contributed by atoms with Crippen molar-refractivity contribution in [3.63, 3.8) is 0 Å². The summed E-state index contributed by atoms with van der Waals surface area (Å²) >= 11 is 3.42. The average Bonchev–Trinajstić information content (AvgIpc) is 2.54. The van der Waals surface area contributed by atoms with E-state index in [-0.39, 0.29) is 0 Å². The molecule has 0 saturated heterocycles. The molecule has 0 atom stereocenters. The molecule has 0 radical (unpaired) electrons. The van der Waals surface area contributed by atoms with Gasteiger partial charge in [-0.15, -0.1) is 0 Å². The Morgan fingerprint density at radius 3 is 2.73 bits per heavy atom. The zero-order valence-corrected chi connectivity index (χ0v) is 13.3. The normalized spacial score (nSPS) is 10.6. The summed E-state index contributed by atoms with van der Waals surface area (Å²) in [6, 6.07) is 15.2. The number of aliphatic hydroxyl groups excluding tert-OH is 1. The molecule has 0 heterocycles. The first-order chi connectivity index (χ1) is 10.7. The third-order valence-electron chi connectivity index (χ3n) is 2.72. The molecule has 2 aromatic rings. The van der Waals surface area contributed by atoms with Gasteiger partial charge < -0.3 is 9.84 Å². The number of halogens is 1. The van der Waals surface area contributed by atoms with Crippen LogP contribution in [0.1, 0.15) is 11.1 Å². The van der Waals surface area contributed by atoms with Crippen LogP contribution in [0.5, 0.6) is 5.75 Å². The van der Waals surface area contributed by atoms with Crippen LogP contribution in [-0.4, -0.2) is 23.8 Å². The fourth-order valence-corrected chi connectivity index (χ4v) is 2.10. The molecule has 0 aliphatic rings. The highest BCUT2D eigenvalue weighted by atomic mass is 79.9. The van der Waals surface area contributed by atoms with Gasteiger partial charge in [0.15, 0.2) is 0 Å². The molecule has 0 aromatic heterocycles. The first kappa shape index (κ1) is 16.2. The fourth-order valence-electron chi connectivity index (χ4n) is 1.66. The predicted molar refractivity (Wildman–Crippen MR) is 87.7 cm³/mol. The highest BCUT2D eigenvalue weighted by molar-refractivity contribution is 9.10. The summed E-state index contributed by atoms with van der Waals surface area (Å²) < 4.78 is 6.71. The number of hydrogen-bond acceptors (Lipinski definition) is 4. The maximum absolute atomic E-state index is 10.8. The lowest BCUT2D eigenvalue weighted by Gasteiger charge is -2.06. The van der Waals surface area contributed by atoms with Gasteiger partial charge in [0.2, 0.25) is 0 Å². The molecule has 0 spiro atoms. The lowest BCUT2D eigenvalue weighted by Crippen LogP contribution is -2.20. The van der Waals surface area contributed by atoms with E-state index in [2.05, 4.69) is 26.5 Å². The van der Waals surface area contributed by atoms with Crippen molar-refractivity contribution in [1.82, 2.24) is 5.43 Å². The van der Waals surface area contributed by atoms with Crippen molar-refractivity contribution in [3.8, 4) is 5.75 Å². The molecule has 2 rings (SSSR count). The number of carbonyl (C=O) groups excluding carboxylic acids is 1. The van der Waals surface area contributed by atoms with Crippen LogP contribution in [0.25, 0.3) is 0 Å². The molecule has 0 bridgehead atoms. The van der Waals surface area contributed by atoms with Gasteiger partial charge in [0.1, 0.15) is 19.0 Å². The number of benzene rings is 2. The van der Waals surface area contributed by atoms with Crippen LogP contribution >= 0.6 is 15.9 Å². The second-order valence-electron chi connectivity index (χ2n) is 4.44. The van der Waals surface area contributed by atoms with Gasteiger partial charge in [-0.2, -0.15) is 5.10 Å². The zero-order valence-electron chi connectivity index (χ0n) is 11.7. The minimum absolute atomic E-state index is 0.486. The van der Waals surface area contributed by atoms with Crippen LogP contribution in [0.3, 0.4) is 0 Å². The number of hydrogen-bond donors (Lipinski definition) is 2. The summed E-state index contributed by atoms with van der Waals surface area (Å²) in [6.07, 6.45) is 1.49. The Labute approximate surface area is 136 Å². The summed E-state index contributed by atoms with van der Waals surface area (Å²) in [5, 5.41) is 12.2. The minimum Gasteiger partial charge on any atom is -0.489 e. The van der Waals surface area contributed by atoms with Crippen molar-refractivity contribution >= 4 is 28.1 Å². The Morgan fingerprint density at radius 2 is 2.05 bits per heavy atom. The van der Waals surface area contributed by atoms with E-state index in [1.807, 2.05) is 48.5 Å². The number of nitrogens with zero attached hydrogens (tertiary/aromatic N) is 1. The third kappa shape index (κ3) is 5.31. The van der Waals surface area contributed by atoms with Crippen molar-refractivity contribution in [3.05, 3.63) is 64.1 Å². The Hall–Kier alpha value is -2.18. The first-order valence-corrected chi connectivity index (χ1v) is 7.37. The Balaban J connectivity index is 1.87. The Morgan fingerprint density at radius 1 is 1.27 bits per heavy atom. The summed E-state index contributed by atoms with van der Waals surface area (Å²) in [7, 11) is 0. The standard InChI is InChI=1S/C16H15BrN2O3/c17-14-3-1-2-13(8-14)11-22-15-6-4-12(5-7-15)9-18-19-16(21)10-20/h1-9,20H,10-11H2,(H,19,21). The number of nitrogens with one attached hydrogen (secondary N) is 1. The number of hydrazone groups is 1. The van der Waals surface area contributed by atoms with Gasteiger partial charge in [-0.25, -0.2) is 5.43 Å². The SMILES string of the molecule is O=C(CO)NN=Cc1ccc(OCc2cccc(Br)c2)cc1. The number of aliphatic hydroxyl groups is 1. The molecule has 0 aliphatic heterocycles. The largest absolute Gasteiger partial charge is 0.489 e. The zero-order chi connectivity index (χ0) is 15.8. The molecule has 0 unspecified atom stereocenters. The molecular weight excluding hydrogens is 348 g/mol. The van der Waals surface area contributed by atoms with Gasteiger partial charge in [-0.05, 0) is 47.5 Å². The van der Waals surface area contributed by atoms with E-state index in [1.54, 1.807) is 0 Å². The Kier molecular flexibility index (Phi) is 6.12. The van der Waals surface area contributed by atoms with E-state index < -0.39 is 12.5 Å². The van der Waals surface area contributed by atoms with Crippen LogP contribution < -0.4 is 10.2 Å². The molecule has 2 N–H and O–H groups in total. The topological polar surface area (TPSA) is 70.9 Å². The summed E-state index contributed by atoms with van der Waals surface area (Å²) in [5.41, 5.74) is 4.08. The second-order valence-corrected chi connectivity index (χ2v) is 5.35. The summed E-state index contributed by atoms with van der Waals surface area (Å²) in [6.45, 7) is -0.0981. The highest BCUT2D eigenvalue weighted by Gasteiger charge is 1.98. The van der Waals surface area contributed by atoms with Gasteiger partial charge in [0.05, 0.1) is 6.21 Å². The van der Waals surface area contributed by atoms with E-state index >= 15 is 0 Å². The van der Waals surface area contributed by atoms with E-state index in [4.69, 9.17) is 9.84 Å². The maximum Gasteiger partial charge on any atom is 0.265 e. The molecule has 2 aromatic carbocycles. The lowest BCUT2D eigenvalue weighted by molar-refractivity contribution is -0.123. The summed E-state index contributed by atoms with van der Waals surface area (Å²) in [4.78, 5) is 10.8. The van der Waals surface area contributed by atoms with Crippen molar-refractivity contribution in [2.45, 2.75) is 6.61 Å². The van der Waals surface area contributed by atoms with E-state index in [0.29, 0.717) is 6.61 Å². The molecule has 0 aliphatic carbocycles. The van der Waals surface area contributed by atoms with Gasteiger partial charge >= 0.3 is 0 Å². The molecule has 0 saturated carbocycles. The third-order valence-corrected chi connectivity index (χ3v) is 3.21. The van der Waals surface area contributed by atoms with E-state index in [1.165, 1.54) is 6.21 Å². The fraction of sp³-hybridized carbons (Fsp3) is 0.125. The summed E-state index contributed by atoms with van der Waals surface area (Å²) in [5.74, 6) is 0.196. The number of ether oxygens (including phenoxy) is 1. The molecule has 114 valence electrons. The molecular formula is C16H15BrN2O3. The predicted octanol–water partition coefficient (Wildman–Crippen LogP) is 2.47. The van der Waals surface area contributed by atoms with Crippen molar-refractivity contribution in [2.24, 2.45) is 5.10 Å². The first-order valence-electron chi connectivity index (χ1n) is 6.57. The number of amides is 1. The van der Waals surface area contributed by atoms with Crippen LogP contribution in [-0.2, 0) is 11.4 Å². The van der Waals surface area contributed by atoms with E-state index in [9.17, 15) is 4.79 Å². The molecule has 1 amide bonds. The van der Waals surface area contributed by atoms with Crippen LogP contribution in [0, 0.1) is 0 Å². The molecule has 0 fully saturated rings. The maximum atomic E-state index is 10.8. The lowest BCUT2D eigenvalue weighted by atomic mass is 10.2. The smallest absolute Gasteiger partial charge is 0.265 e. The molecule has 6 heteroatoms. The quantitative estimate of drug-likeness (QED) is 0.612. The number of rotatable bonds is 6. The van der Waals surface area contributed by atoms with Crippen molar-refractivity contribution in [1.29, 1.82) is 0 Å². The van der Waals surface area contributed by atoms with Gasteiger partial charge in [-0.1, -0.05) is 28.1 Å². The van der Waals surface area contributed by atoms with Gasteiger partial charge in [0.25, 0.3) is 5.91 Å². The van der Waals surface area contributed by atoms with Gasteiger partial charge in [0, 0.05) is 4.47 Å². The number of carbonyl (C=O) groups is 1. The average molecular weight is 363 g/mol. The van der Waals surface area contributed by atoms with E-state index in [0.717, 1.165) is 21.3 Å². The highest BCUT2D eigenvalue weighted by Crippen LogP contribution is 2.16. The van der Waals surface area contributed by atoms with Gasteiger partial charge in [-0.3, -0.25) is 4.79 Å². The minimum atomic E-state index is -0.584. The van der Waals surface area contributed by atoms with Crippen LogP contribution in [0.2, 0.25) is 0 Å². The van der Waals surface area contributed by atoms with Crippen LogP contribution in [0.15, 0.2) is 58.1 Å². The second kappa shape index (κ2) is 8.31. The van der Waals surface area contributed by atoms with Crippen molar-refractivity contribution < 1.29 is 14.6 Å². The van der Waals surface area contributed by atoms with Crippen LogP contribution in [0.4, 0.5) is 0 Å². The van der Waals surface area contributed by atoms with Crippen molar-refractivity contribution in [2.75, 3.05) is 6.61 Å². The molecule has 22 heavy (non-hydrogen) atoms. The Bertz CT molecular complexity index is 657.